The molecule has 1 atom stereocenters. The van der Waals surface area contributed by atoms with Crippen LogP contribution in [0, 0.1) is 0 Å². The van der Waals surface area contributed by atoms with E-state index in [1.54, 1.807) is 26.2 Å². The van der Waals surface area contributed by atoms with E-state index in [1.807, 2.05) is 0 Å². The van der Waals surface area contributed by atoms with Gasteiger partial charge in [0.2, 0.25) is 15.9 Å². The lowest BCUT2D eigenvalue weighted by atomic mass is 10.2. The van der Waals surface area contributed by atoms with Crippen molar-refractivity contribution in [1.29, 1.82) is 0 Å². The molecule has 0 N–H and O–H groups in total. The molecule has 1 aliphatic heterocycles. The number of carbonyl (C=O) groups is 1. The summed E-state index contributed by atoms with van der Waals surface area (Å²) in [7, 11) is -0.491. The molecule has 1 amide bonds. The number of hydrogen-bond acceptors (Lipinski definition) is 3. The molecule has 1 aromatic rings. The van der Waals surface area contributed by atoms with Crippen LogP contribution in [0.15, 0.2) is 29.2 Å². The summed E-state index contributed by atoms with van der Waals surface area (Å²) < 4.78 is 26.6. The van der Waals surface area contributed by atoms with Gasteiger partial charge in [0.05, 0.1) is 5.02 Å². The summed E-state index contributed by atoms with van der Waals surface area (Å²) >= 11 is 5.98. The second kappa shape index (κ2) is 5.71. The van der Waals surface area contributed by atoms with Gasteiger partial charge in [0.1, 0.15) is 10.9 Å². The van der Waals surface area contributed by atoms with Gasteiger partial charge >= 0.3 is 0 Å². The van der Waals surface area contributed by atoms with Crippen LogP contribution in [0.1, 0.15) is 12.8 Å². The molecule has 20 heavy (non-hydrogen) atoms. The van der Waals surface area contributed by atoms with Crippen LogP contribution in [0.3, 0.4) is 0 Å². The Bertz CT molecular complexity index is 616. The van der Waals surface area contributed by atoms with Gasteiger partial charge in [0.25, 0.3) is 0 Å². The Morgan fingerprint density at radius 2 is 2.00 bits per heavy atom. The van der Waals surface area contributed by atoms with E-state index >= 15 is 0 Å². The van der Waals surface area contributed by atoms with Crippen molar-refractivity contribution in [3.63, 3.8) is 0 Å². The van der Waals surface area contributed by atoms with Crippen molar-refractivity contribution in [3.8, 4) is 0 Å². The first kappa shape index (κ1) is 15.3. The van der Waals surface area contributed by atoms with Crippen LogP contribution >= 0.6 is 11.6 Å². The highest BCUT2D eigenvalue weighted by Gasteiger charge is 2.40. The molecule has 1 aliphatic rings. The van der Waals surface area contributed by atoms with E-state index in [1.165, 1.54) is 21.3 Å². The highest BCUT2D eigenvalue weighted by atomic mass is 35.5. The molecular formula is C13H17ClN2O3S. The summed E-state index contributed by atoms with van der Waals surface area (Å²) in [6.07, 6.45) is 1.22. The van der Waals surface area contributed by atoms with E-state index in [4.69, 9.17) is 11.6 Å². The molecule has 1 saturated heterocycles. The lowest BCUT2D eigenvalue weighted by molar-refractivity contribution is -0.132. The molecule has 7 heteroatoms. The Morgan fingerprint density at radius 1 is 1.35 bits per heavy atom. The van der Waals surface area contributed by atoms with Crippen LogP contribution in [0.2, 0.25) is 5.02 Å². The van der Waals surface area contributed by atoms with Gasteiger partial charge in [-0.15, -0.1) is 0 Å². The Morgan fingerprint density at radius 3 is 2.60 bits per heavy atom. The van der Waals surface area contributed by atoms with Gasteiger partial charge in [-0.1, -0.05) is 23.7 Å². The van der Waals surface area contributed by atoms with E-state index in [2.05, 4.69) is 0 Å². The van der Waals surface area contributed by atoms with Crippen molar-refractivity contribution in [2.24, 2.45) is 0 Å². The van der Waals surface area contributed by atoms with E-state index < -0.39 is 16.1 Å². The van der Waals surface area contributed by atoms with Gasteiger partial charge in [-0.05, 0) is 25.0 Å². The predicted octanol–water partition coefficient (Wildman–Crippen LogP) is 1.58. The van der Waals surface area contributed by atoms with Crippen LogP contribution in [-0.4, -0.2) is 50.2 Å². The van der Waals surface area contributed by atoms with Crippen LogP contribution in [0.25, 0.3) is 0 Å². The number of rotatable bonds is 3. The van der Waals surface area contributed by atoms with Crippen LogP contribution < -0.4 is 0 Å². The summed E-state index contributed by atoms with van der Waals surface area (Å²) in [5.41, 5.74) is 0. The van der Waals surface area contributed by atoms with Crippen molar-refractivity contribution in [1.82, 2.24) is 9.21 Å². The number of likely N-dealkylation sites (N-methyl/N-ethyl adjacent to an activating group) is 1. The molecule has 1 heterocycles. The third-order valence-corrected chi connectivity index (χ3v) is 5.76. The molecule has 0 aromatic heterocycles. The van der Waals surface area contributed by atoms with Crippen LogP contribution in [-0.2, 0) is 14.8 Å². The Balaban J connectivity index is 2.39. The van der Waals surface area contributed by atoms with E-state index in [0.29, 0.717) is 19.4 Å². The third kappa shape index (κ3) is 2.68. The lowest BCUT2D eigenvalue weighted by Crippen LogP contribution is -2.45. The van der Waals surface area contributed by atoms with Crippen molar-refractivity contribution in [2.45, 2.75) is 23.8 Å². The topological polar surface area (TPSA) is 57.7 Å². The fourth-order valence-electron chi connectivity index (χ4n) is 2.35. The fraction of sp³-hybridized carbons (Fsp3) is 0.462. The molecule has 0 bridgehead atoms. The van der Waals surface area contributed by atoms with Crippen molar-refractivity contribution in [3.05, 3.63) is 29.3 Å². The zero-order chi connectivity index (χ0) is 14.9. The number of nitrogens with zero attached hydrogens (tertiary/aromatic N) is 2. The third-order valence-electron chi connectivity index (χ3n) is 3.35. The molecule has 0 aliphatic carbocycles. The van der Waals surface area contributed by atoms with Crippen LogP contribution in [0.4, 0.5) is 0 Å². The standard InChI is InChI=1S/C13H17ClN2O3S/c1-15(2)13(17)11-7-5-9-16(11)20(18,19)12-8-4-3-6-10(12)14/h3-4,6,8,11H,5,7,9H2,1-2H3. The largest absolute Gasteiger partial charge is 0.347 e. The van der Waals surface area contributed by atoms with E-state index in [-0.39, 0.29) is 15.8 Å². The minimum atomic E-state index is -3.74. The number of sulfonamides is 1. The minimum absolute atomic E-state index is 0.0557. The average molecular weight is 317 g/mol. The van der Waals surface area contributed by atoms with Gasteiger partial charge in [0.15, 0.2) is 0 Å². The maximum absolute atomic E-state index is 12.7. The van der Waals surface area contributed by atoms with Gasteiger partial charge in [0, 0.05) is 20.6 Å². The van der Waals surface area contributed by atoms with E-state index in [9.17, 15) is 13.2 Å². The van der Waals surface area contributed by atoms with Crippen LogP contribution in [0.5, 0.6) is 0 Å². The summed E-state index contributed by atoms with van der Waals surface area (Å²) in [5, 5.41) is 0.176. The van der Waals surface area contributed by atoms with Gasteiger partial charge in [-0.25, -0.2) is 8.42 Å². The highest BCUT2D eigenvalue weighted by Crippen LogP contribution is 2.30. The normalized spacial score (nSPS) is 20.1. The minimum Gasteiger partial charge on any atom is -0.347 e. The first-order chi connectivity index (χ1) is 9.35. The second-order valence-electron chi connectivity index (χ2n) is 4.94. The second-order valence-corrected chi connectivity index (χ2v) is 7.20. The Hall–Kier alpha value is -1.11. The molecule has 0 spiro atoms. The molecule has 5 nitrogen and oxygen atoms in total. The molecule has 0 radical (unpaired) electrons. The first-order valence-electron chi connectivity index (χ1n) is 6.33. The molecule has 2 rings (SSSR count). The average Bonchev–Trinajstić information content (AvgIpc) is 2.87. The summed E-state index contributed by atoms with van der Waals surface area (Å²) in [4.78, 5) is 13.6. The number of halogens is 1. The Labute approximate surface area is 124 Å². The fourth-order valence-corrected chi connectivity index (χ4v) is 4.50. The van der Waals surface area contributed by atoms with Crippen molar-refractivity contribution < 1.29 is 13.2 Å². The zero-order valence-electron chi connectivity index (χ0n) is 11.4. The number of amides is 1. The number of benzene rings is 1. The quantitative estimate of drug-likeness (QED) is 0.850. The summed E-state index contributed by atoms with van der Waals surface area (Å²) in [6.45, 7) is 0.345. The maximum Gasteiger partial charge on any atom is 0.245 e. The lowest BCUT2D eigenvalue weighted by Gasteiger charge is -2.25. The molecule has 1 fully saturated rings. The molecular weight excluding hydrogens is 300 g/mol. The number of hydrogen-bond donors (Lipinski definition) is 0. The van der Waals surface area contributed by atoms with Gasteiger partial charge in [-0.2, -0.15) is 4.31 Å². The SMILES string of the molecule is CN(C)C(=O)C1CCCN1S(=O)(=O)c1ccccc1Cl. The highest BCUT2D eigenvalue weighted by molar-refractivity contribution is 7.89. The van der Waals surface area contributed by atoms with Crippen molar-refractivity contribution >= 4 is 27.5 Å². The van der Waals surface area contributed by atoms with Gasteiger partial charge in [-0.3, -0.25) is 4.79 Å². The monoisotopic (exact) mass is 316 g/mol. The number of carbonyl (C=O) groups excluding carboxylic acids is 1. The predicted molar refractivity (Wildman–Crippen MR) is 77.1 cm³/mol. The maximum atomic E-state index is 12.7. The Kier molecular flexibility index (Phi) is 4.36. The summed E-state index contributed by atoms with van der Waals surface area (Å²) in [6, 6.07) is 5.66. The van der Waals surface area contributed by atoms with E-state index in [0.717, 1.165) is 0 Å². The molecule has 110 valence electrons. The molecule has 1 unspecified atom stereocenters. The summed E-state index contributed by atoms with van der Waals surface area (Å²) in [5.74, 6) is -0.196. The van der Waals surface area contributed by atoms with Gasteiger partial charge < -0.3 is 4.90 Å². The molecule has 1 aromatic carbocycles. The molecule has 0 saturated carbocycles. The van der Waals surface area contributed by atoms with Crippen molar-refractivity contribution in [2.75, 3.05) is 20.6 Å². The smallest absolute Gasteiger partial charge is 0.245 e. The first-order valence-corrected chi connectivity index (χ1v) is 8.15. The zero-order valence-corrected chi connectivity index (χ0v) is 13.0.